The zero-order valence-corrected chi connectivity index (χ0v) is 14.0. The monoisotopic (exact) mass is 333 g/mol. The van der Waals surface area contributed by atoms with E-state index in [1.165, 1.54) is 0 Å². The fourth-order valence-electron chi connectivity index (χ4n) is 3.17. The van der Waals surface area contributed by atoms with Crippen molar-refractivity contribution in [1.82, 2.24) is 24.6 Å². The molecule has 1 atom stereocenters. The second-order valence-electron chi connectivity index (χ2n) is 6.14. The molecule has 3 heterocycles. The summed E-state index contributed by atoms with van der Waals surface area (Å²) in [7, 11) is 0. The highest BCUT2D eigenvalue weighted by molar-refractivity contribution is 5.78. The fraction of sp³-hybridized carbons (Fsp3) is 0.263. The Balaban J connectivity index is 1.56. The van der Waals surface area contributed by atoms with Gasteiger partial charge in [0.1, 0.15) is 5.82 Å². The smallest absolute Gasteiger partial charge is 0.229 e. The Labute approximate surface area is 146 Å². The van der Waals surface area contributed by atoms with Crippen LogP contribution >= 0.6 is 0 Å². The minimum absolute atomic E-state index is 0.0710. The molecular formula is C19H19N5O. The van der Waals surface area contributed by atoms with Gasteiger partial charge in [0.2, 0.25) is 5.91 Å². The van der Waals surface area contributed by atoms with Gasteiger partial charge in [-0.15, -0.1) is 0 Å². The average molecular weight is 333 g/mol. The molecule has 0 unspecified atom stereocenters. The van der Waals surface area contributed by atoms with Gasteiger partial charge >= 0.3 is 0 Å². The number of hydrogen-bond donors (Lipinski definition) is 0. The van der Waals surface area contributed by atoms with E-state index in [2.05, 4.69) is 15.1 Å². The standard InChI is InChI=1S/C19H19N5O/c1-14-19-21-18(15-7-3-2-4-8-15)22-24(19)12-11-23(14)17(25)13-16-9-5-6-10-20-16/h2-10,14H,11-13H2,1H3/t14-/m0/s1. The van der Waals surface area contributed by atoms with Crippen LogP contribution in [0.25, 0.3) is 11.4 Å². The predicted molar refractivity (Wildman–Crippen MR) is 93.5 cm³/mol. The molecule has 0 saturated carbocycles. The zero-order valence-electron chi connectivity index (χ0n) is 14.0. The first-order valence-electron chi connectivity index (χ1n) is 8.42. The molecule has 0 bridgehead atoms. The number of carbonyl (C=O) groups is 1. The highest BCUT2D eigenvalue weighted by atomic mass is 16.2. The van der Waals surface area contributed by atoms with E-state index in [1.54, 1.807) is 6.20 Å². The van der Waals surface area contributed by atoms with Crippen LogP contribution in [-0.2, 0) is 17.8 Å². The number of pyridine rings is 1. The van der Waals surface area contributed by atoms with Crippen molar-refractivity contribution in [3.8, 4) is 11.4 Å². The quantitative estimate of drug-likeness (QED) is 0.739. The molecule has 0 N–H and O–H groups in total. The van der Waals surface area contributed by atoms with E-state index in [4.69, 9.17) is 0 Å². The lowest BCUT2D eigenvalue weighted by Gasteiger charge is -2.32. The summed E-state index contributed by atoms with van der Waals surface area (Å²) in [4.78, 5) is 23.5. The molecule has 1 aliphatic rings. The Kier molecular flexibility index (Phi) is 4.01. The molecule has 3 aromatic rings. The molecule has 4 rings (SSSR count). The first-order chi connectivity index (χ1) is 12.2. The molecule has 126 valence electrons. The number of aromatic nitrogens is 4. The first-order valence-corrected chi connectivity index (χ1v) is 8.42. The highest BCUT2D eigenvalue weighted by Gasteiger charge is 2.30. The number of nitrogens with zero attached hydrogens (tertiary/aromatic N) is 5. The van der Waals surface area contributed by atoms with Crippen molar-refractivity contribution in [1.29, 1.82) is 0 Å². The minimum atomic E-state index is -0.102. The van der Waals surface area contributed by atoms with Crippen LogP contribution in [0.1, 0.15) is 24.5 Å². The van der Waals surface area contributed by atoms with Crippen molar-refractivity contribution in [3.63, 3.8) is 0 Å². The van der Waals surface area contributed by atoms with Crippen molar-refractivity contribution in [3.05, 3.63) is 66.2 Å². The molecule has 0 radical (unpaired) electrons. The van der Waals surface area contributed by atoms with Crippen molar-refractivity contribution in [2.24, 2.45) is 0 Å². The second kappa shape index (κ2) is 6.47. The van der Waals surface area contributed by atoms with E-state index >= 15 is 0 Å². The van der Waals surface area contributed by atoms with Crippen molar-refractivity contribution in [2.45, 2.75) is 25.9 Å². The number of rotatable bonds is 3. The topological polar surface area (TPSA) is 63.9 Å². The van der Waals surface area contributed by atoms with Gasteiger partial charge in [-0.25, -0.2) is 9.67 Å². The van der Waals surface area contributed by atoms with Crippen molar-refractivity contribution in [2.75, 3.05) is 6.54 Å². The minimum Gasteiger partial charge on any atom is -0.331 e. The lowest BCUT2D eigenvalue weighted by atomic mass is 10.1. The number of carbonyl (C=O) groups excluding carboxylic acids is 1. The molecule has 1 amide bonds. The number of amides is 1. The maximum absolute atomic E-state index is 12.7. The average Bonchev–Trinajstić information content (AvgIpc) is 3.09. The number of benzene rings is 1. The molecule has 2 aromatic heterocycles. The molecule has 0 spiro atoms. The summed E-state index contributed by atoms with van der Waals surface area (Å²) in [5.41, 5.74) is 1.78. The second-order valence-corrected chi connectivity index (χ2v) is 6.14. The summed E-state index contributed by atoms with van der Waals surface area (Å²) in [5.74, 6) is 1.61. The number of hydrogen-bond acceptors (Lipinski definition) is 4. The molecule has 6 nitrogen and oxygen atoms in total. The van der Waals surface area contributed by atoms with E-state index in [9.17, 15) is 4.79 Å². The Bertz CT molecular complexity index is 875. The van der Waals surface area contributed by atoms with Gasteiger partial charge in [0, 0.05) is 24.0 Å². The van der Waals surface area contributed by atoms with Crippen LogP contribution in [0.15, 0.2) is 54.7 Å². The Hall–Kier alpha value is -3.02. The van der Waals surface area contributed by atoms with E-state index in [-0.39, 0.29) is 11.9 Å². The lowest BCUT2D eigenvalue weighted by molar-refractivity contribution is -0.133. The van der Waals surface area contributed by atoms with Gasteiger partial charge in [0.05, 0.1) is 19.0 Å². The maximum Gasteiger partial charge on any atom is 0.229 e. The van der Waals surface area contributed by atoms with Crippen LogP contribution in [0.3, 0.4) is 0 Å². The third kappa shape index (κ3) is 3.03. The van der Waals surface area contributed by atoms with Gasteiger partial charge in [-0.05, 0) is 19.1 Å². The van der Waals surface area contributed by atoms with Gasteiger partial charge < -0.3 is 4.90 Å². The summed E-state index contributed by atoms with van der Waals surface area (Å²) in [5, 5.41) is 4.60. The van der Waals surface area contributed by atoms with Gasteiger partial charge in [-0.3, -0.25) is 9.78 Å². The Morgan fingerprint density at radius 2 is 1.92 bits per heavy atom. The third-order valence-electron chi connectivity index (χ3n) is 4.51. The summed E-state index contributed by atoms with van der Waals surface area (Å²) in [6.07, 6.45) is 2.02. The summed E-state index contributed by atoms with van der Waals surface area (Å²) in [6, 6.07) is 15.4. The molecule has 0 saturated heterocycles. The van der Waals surface area contributed by atoms with Gasteiger partial charge in [-0.2, -0.15) is 5.10 Å². The maximum atomic E-state index is 12.7. The summed E-state index contributed by atoms with van der Waals surface area (Å²) < 4.78 is 1.91. The molecule has 1 aliphatic heterocycles. The Morgan fingerprint density at radius 1 is 1.12 bits per heavy atom. The lowest BCUT2D eigenvalue weighted by Crippen LogP contribution is -2.42. The van der Waals surface area contributed by atoms with E-state index in [1.807, 2.05) is 65.0 Å². The first kappa shape index (κ1) is 15.5. The zero-order chi connectivity index (χ0) is 17.2. The van der Waals surface area contributed by atoms with Gasteiger partial charge in [-0.1, -0.05) is 36.4 Å². The molecule has 6 heteroatoms. The van der Waals surface area contributed by atoms with Crippen LogP contribution in [0.2, 0.25) is 0 Å². The molecule has 0 aliphatic carbocycles. The Morgan fingerprint density at radius 3 is 2.68 bits per heavy atom. The summed E-state index contributed by atoms with van der Waals surface area (Å²) >= 11 is 0. The fourth-order valence-corrected chi connectivity index (χ4v) is 3.17. The molecule has 1 aromatic carbocycles. The van der Waals surface area contributed by atoms with E-state index in [0.717, 1.165) is 17.1 Å². The molecule has 0 fully saturated rings. The van der Waals surface area contributed by atoms with Gasteiger partial charge in [0.25, 0.3) is 0 Å². The number of fused-ring (bicyclic) bond motifs is 1. The molecule has 25 heavy (non-hydrogen) atoms. The van der Waals surface area contributed by atoms with Gasteiger partial charge in [0.15, 0.2) is 5.82 Å². The van der Waals surface area contributed by atoms with Crippen LogP contribution in [0, 0.1) is 0 Å². The normalized spacial score (nSPS) is 16.5. The highest BCUT2D eigenvalue weighted by Crippen LogP contribution is 2.26. The van der Waals surface area contributed by atoms with Crippen LogP contribution < -0.4 is 0 Å². The summed E-state index contributed by atoms with van der Waals surface area (Å²) in [6.45, 7) is 3.30. The van der Waals surface area contributed by atoms with E-state index < -0.39 is 0 Å². The van der Waals surface area contributed by atoms with Crippen LogP contribution in [0.5, 0.6) is 0 Å². The SMILES string of the molecule is C[C@H]1c2nc(-c3ccccc3)nn2CCN1C(=O)Cc1ccccn1. The van der Waals surface area contributed by atoms with Crippen LogP contribution in [-0.4, -0.2) is 37.1 Å². The third-order valence-corrected chi connectivity index (χ3v) is 4.51. The predicted octanol–water partition coefficient (Wildman–Crippen LogP) is 2.49. The largest absolute Gasteiger partial charge is 0.331 e. The molecular weight excluding hydrogens is 314 g/mol. The van der Waals surface area contributed by atoms with Crippen LogP contribution in [0.4, 0.5) is 0 Å². The van der Waals surface area contributed by atoms with E-state index in [0.29, 0.717) is 25.3 Å². The van der Waals surface area contributed by atoms with Crippen molar-refractivity contribution >= 4 is 5.91 Å². The van der Waals surface area contributed by atoms with Crippen molar-refractivity contribution < 1.29 is 4.79 Å².